The van der Waals surface area contributed by atoms with Crippen molar-refractivity contribution >= 4 is 0 Å². The van der Waals surface area contributed by atoms with Crippen LogP contribution in [-0.2, 0) is 6.54 Å². The molecule has 0 saturated carbocycles. The second-order valence-electron chi connectivity index (χ2n) is 6.17. The van der Waals surface area contributed by atoms with Crippen LogP contribution in [0, 0.1) is 5.41 Å². The highest BCUT2D eigenvalue weighted by atomic mass is 15.0. The predicted molar refractivity (Wildman–Crippen MR) is 67.0 cm³/mol. The Morgan fingerprint density at radius 1 is 1.12 bits per heavy atom. The first-order chi connectivity index (χ1) is 7.29. The van der Waals surface area contributed by atoms with Crippen LogP contribution in [-0.4, -0.2) is 15.5 Å². The molecule has 3 nitrogen and oxygen atoms in total. The number of nitrogens with one attached hydrogen (secondary N) is 1. The van der Waals surface area contributed by atoms with Gasteiger partial charge in [-0.25, -0.2) is 0 Å². The third-order valence-electron chi connectivity index (χ3n) is 2.34. The first kappa shape index (κ1) is 13.1. The van der Waals surface area contributed by atoms with Gasteiger partial charge in [-0.05, 0) is 25.7 Å². The van der Waals surface area contributed by atoms with E-state index in [0.717, 1.165) is 18.7 Å². The van der Waals surface area contributed by atoms with Crippen LogP contribution >= 0.6 is 0 Å². The van der Waals surface area contributed by atoms with Gasteiger partial charge in [0.15, 0.2) is 0 Å². The Hall–Kier alpha value is -0.960. The topological polar surface area (TPSA) is 37.8 Å². The zero-order chi connectivity index (χ0) is 12.2. The van der Waals surface area contributed by atoms with Crippen LogP contribution in [0.5, 0.6) is 0 Å². The summed E-state index contributed by atoms with van der Waals surface area (Å²) in [6, 6.07) is 0. The van der Waals surface area contributed by atoms with Gasteiger partial charge in [-0.3, -0.25) is 9.97 Å². The van der Waals surface area contributed by atoms with Gasteiger partial charge in [-0.15, -0.1) is 0 Å². The van der Waals surface area contributed by atoms with Gasteiger partial charge in [0, 0.05) is 30.7 Å². The molecule has 0 atom stereocenters. The second-order valence-corrected chi connectivity index (χ2v) is 6.17. The van der Waals surface area contributed by atoms with Gasteiger partial charge in [-0.1, -0.05) is 20.8 Å². The van der Waals surface area contributed by atoms with Gasteiger partial charge in [-0.2, -0.15) is 0 Å². The first-order valence-electron chi connectivity index (χ1n) is 5.78. The monoisotopic (exact) mass is 221 g/mol. The van der Waals surface area contributed by atoms with E-state index < -0.39 is 0 Å². The van der Waals surface area contributed by atoms with Crippen molar-refractivity contribution in [3.05, 3.63) is 24.3 Å². The van der Waals surface area contributed by atoms with E-state index in [4.69, 9.17) is 0 Å². The minimum absolute atomic E-state index is 0.121. The number of nitrogens with zero attached hydrogens (tertiary/aromatic N) is 2. The van der Waals surface area contributed by atoms with Crippen molar-refractivity contribution in [3.8, 4) is 0 Å². The van der Waals surface area contributed by atoms with Crippen LogP contribution in [0.1, 0.15) is 46.7 Å². The van der Waals surface area contributed by atoms with Crippen molar-refractivity contribution in [3.63, 3.8) is 0 Å². The van der Waals surface area contributed by atoms with Crippen LogP contribution in [0.25, 0.3) is 0 Å². The highest BCUT2D eigenvalue weighted by molar-refractivity contribution is 4.96. The number of aromatic nitrogens is 2. The molecule has 1 heterocycles. The molecule has 90 valence electrons. The highest BCUT2D eigenvalue weighted by Crippen LogP contribution is 2.26. The van der Waals surface area contributed by atoms with Crippen molar-refractivity contribution in [1.82, 2.24) is 15.3 Å². The summed E-state index contributed by atoms with van der Waals surface area (Å²) < 4.78 is 0. The van der Waals surface area contributed by atoms with Crippen molar-refractivity contribution < 1.29 is 0 Å². The molecule has 0 unspecified atom stereocenters. The van der Waals surface area contributed by atoms with E-state index in [9.17, 15) is 0 Å². The van der Waals surface area contributed by atoms with Gasteiger partial charge in [0.25, 0.3) is 0 Å². The Labute approximate surface area is 98.7 Å². The third-order valence-corrected chi connectivity index (χ3v) is 2.34. The number of rotatable bonds is 4. The first-order valence-corrected chi connectivity index (χ1v) is 5.78. The minimum Gasteiger partial charge on any atom is -0.306 e. The van der Waals surface area contributed by atoms with E-state index in [0.29, 0.717) is 5.41 Å². The lowest BCUT2D eigenvalue weighted by atomic mass is 9.82. The molecule has 0 aliphatic carbocycles. The smallest absolute Gasteiger partial charge is 0.0724 e. The largest absolute Gasteiger partial charge is 0.306 e. The summed E-state index contributed by atoms with van der Waals surface area (Å²) in [5.74, 6) is 0. The van der Waals surface area contributed by atoms with Crippen molar-refractivity contribution in [2.75, 3.05) is 0 Å². The lowest BCUT2D eigenvalue weighted by molar-refractivity contribution is 0.240. The zero-order valence-corrected chi connectivity index (χ0v) is 11.0. The van der Waals surface area contributed by atoms with E-state index in [1.54, 1.807) is 18.6 Å². The summed E-state index contributed by atoms with van der Waals surface area (Å²) in [5.41, 5.74) is 1.44. The molecule has 0 bridgehead atoms. The summed E-state index contributed by atoms with van der Waals surface area (Å²) >= 11 is 0. The summed E-state index contributed by atoms with van der Waals surface area (Å²) in [7, 11) is 0. The lowest BCUT2D eigenvalue weighted by Gasteiger charge is -2.33. The Bertz CT molecular complexity index is 312. The minimum atomic E-state index is 0.121. The van der Waals surface area contributed by atoms with Gasteiger partial charge in [0.2, 0.25) is 0 Å². The molecule has 0 aliphatic rings. The molecule has 0 saturated heterocycles. The van der Waals surface area contributed by atoms with Gasteiger partial charge < -0.3 is 5.32 Å². The zero-order valence-electron chi connectivity index (χ0n) is 11.0. The molecule has 0 spiro atoms. The van der Waals surface area contributed by atoms with E-state index in [1.807, 2.05) is 0 Å². The van der Waals surface area contributed by atoms with Crippen LogP contribution < -0.4 is 5.32 Å². The maximum Gasteiger partial charge on any atom is 0.0724 e. The summed E-state index contributed by atoms with van der Waals surface area (Å²) in [6.45, 7) is 12.0. The summed E-state index contributed by atoms with van der Waals surface area (Å²) in [6.07, 6.45) is 6.36. The molecular weight excluding hydrogens is 198 g/mol. The lowest BCUT2D eigenvalue weighted by Crippen LogP contribution is -2.42. The maximum absolute atomic E-state index is 4.25. The SMILES string of the molecule is CC(C)(C)CC(C)(C)NCc1cnccn1. The molecule has 1 aromatic rings. The average Bonchev–Trinajstić information content (AvgIpc) is 2.13. The standard InChI is InChI=1S/C13H23N3/c1-12(2,3)10-13(4,5)16-9-11-8-14-6-7-15-11/h6-8,16H,9-10H2,1-5H3. The second kappa shape index (κ2) is 4.91. The van der Waals surface area contributed by atoms with E-state index in [2.05, 4.69) is 49.9 Å². The fourth-order valence-electron chi connectivity index (χ4n) is 2.14. The average molecular weight is 221 g/mol. The molecule has 16 heavy (non-hydrogen) atoms. The van der Waals surface area contributed by atoms with Gasteiger partial charge in [0.05, 0.1) is 5.69 Å². The molecule has 0 radical (unpaired) electrons. The fraction of sp³-hybridized carbons (Fsp3) is 0.692. The molecule has 1 aromatic heterocycles. The van der Waals surface area contributed by atoms with Crippen LogP contribution in [0.3, 0.4) is 0 Å². The van der Waals surface area contributed by atoms with Crippen LogP contribution in [0.2, 0.25) is 0 Å². The highest BCUT2D eigenvalue weighted by Gasteiger charge is 2.24. The van der Waals surface area contributed by atoms with Crippen LogP contribution in [0.15, 0.2) is 18.6 Å². The molecule has 1 rings (SSSR count). The Kier molecular flexibility index (Phi) is 4.03. The molecular formula is C13H23N3. The Morgan fingerprint density at radius 2 is 1.81 bits per heavy atom. The summed E-state index contributed by atoms with van der Waals surface area (Å²) in [5, 5.41) is 3.53. The third kappa shape index (κ3) is 5.21. The van der Waals surface area contributed by atoms with E-state index in [1.165, 1.54) is 0 Å². The summed E-state index contributed by atoms with van der Waals surface area (Å²) in [4.78, 5) is 8.31. The quantitative estimate of drug-likeness (QED) is 0.849. The number of hydrogen-bond donors (Lipinski definition) is 1. The molecule has 3 heteroatoms. The maximum atomic E-state index is 4.25. The fourth-order valence-corrected chi connectivity index (χ4v) is 2.14. The predicted octanol–water partition coefficient (Wildman–Crippen LogP) is 2.78. The molecule has 0 aromatic carbocycles. The van der Waals surface area contributed by atoms with Crippen LogP contribution in [0.4, 0.5) is 0 Å². The van der Waals surface area contributed by atoms with E-state index in [-0.39, 0.29) is 5.54 Å². The Morgan fingerprint density at radius 3 is 2.31 bits per heavy atom. The number of hydrogen-bond acceptors (Lipinski definition) is 3. The molecule has 0 aliphatic heterocycles. The van der Waals surface area contributed by atoms with Gasteiger partial charge in [0.1, 0.15) is 0 Å². The van der Waals surface area contributed by atoms with Crippen molar-refractivity contribution in [2.45, 2.75) is 53.1 Å². The molecule has 0 fully saturated rings. The molecule has 0 amide bonds. The Balaban J connectivity index is 2.48. The van der Waals surface area contributed by atoms with Crippen molar-refractivity contribution in [1.29, 1.82) is 0 Å². The van der Waals surface area contributed by atoms with Gasteiger partial charge >= 0.3 is 0 Å². The van der Waals surface area contributed by atoms with E-state index >= 15 is 0 Å². The van der Waals surface area contributed by atoms with Crippen molar-refractivity contribution in [2.24, 2.45) is 5.41 Å². The molecule has 1 N–H and O–H groups in total. The normalized spacial score (nSPS) is 12.8.